The molecule has 0 spiro atoms. The Kier molecular flexibility index (Phi) is 17.8. The molecule has 0 saturated carbocycles. The zero-order valence-corrected chi connectivity index (χ0v) is 21.3. The van der Waals surface area contributed by atoms with Gasteiger partial charge in [-0.1, -0.05) is 97.3 Å². The van der Waals surface area contributed by atoms with Gasteiger partial charge in [-0.2, -0.15) is 0 Å². The lowest BCUT2D eigenvalue weighted by atomic mass is 9.96. The minimum absolute atomic E-state index is 0.237. The van der Waals surface area contributed by atoms with Crippen LogP contribution in [-0.4, -0.2) is 50.2 Å². The highest BCUT2D eigenvalue weighted by Gasteiger charge is 2.22. The zero-order valence-electron chi connectivity index (χ0n) is 21.3. The van der Waals surface area contributed by atoms with Crippen LogP contribution >= 0.6 is 0 Å². The molecule has 5 heteroatoms. The van der Waals surface area contributed by atoms with Crippen LogP contribution in [0.4, 0.5) is 0 Å². The maximum atomic E-state index is 12.0. The summed E-state index contributed by atoms with van der Waals surface area (Å²) in [4.78, 5) is 22.9. The monoisotopic (exact) mass is 441 g/mol. The standard InChI is InChI=1S/C26H51NO4/c1-6-7-15-18-23(2)19-16-13-11-9-8-10-12-14-17-20-26(30)31-24(21-25(28)29)22-27(3,4)5/h23-24H,6-22H2,1-5H3. The molecule has 0 aromatic carbocycles. The molecule has 0 aromatic heterocycles. The van der Waals surface area contributed by atoms with Gasteiger partial charge in [0.05, 0.1) is 21.1 Å². The summed E-state index contributed by atoms with van der Waals surface area (Å²) in [6.45, 7) is 5.14. The number of carboxylic acids is 1. The van der Waals surface area contributed by atoms with E-state index in [-0.39, 0.29) is 12.4 Å². The second-order valence-electron chi connectivity index (χ2n) is 10.5. The second kappa shape index (κ2) is 18.5. The van der Waals surface area contributed by atoms with Crippen molar-refractivity contribution in [3.63, 3.8) is 0 Å². The van der Waals surface area contributed by atoms with Crippen LogP contribution in [0, 0.1) is 5.92 Å². The van der Waals surface area contributed by atoms with E-state index in [2.05, 4.69) is 13.8 Å². The van der Waals surface area contributed by atoms with Gasteiger partial charge in [0.25, 0.3) is 0 Å². The minimum atomic E-state index is -1.17. The van der Waals surface area contributed by atoms with Gasteiger partial charge in [-0.15, -0.1) is 0 Å². The first-order chi connectivity index (χ1) is 14.6. The Hall–Kier alpha value is -1.10. The SMILES string of the molecule is CCCCCC(C)CCCCCCCCCCCC(=O)OC(CC(=O)[O-])C[N+](C)(C)C. The number of nitrogens with zero attached hydrogens (tertiary/aromatic N) is 1. The number of likely N-dealkylation sites (N-methyl/N-ethyl adjacent to an activating group) is 1. The van der Waals surface area contributed by atoms with Gasteiger partial charge in [-0.05, 0) is 12.3 Å². The molecule has 0 saturated heterocycles. The number of rotatable bonds is 21. The number of quaternary nitrogens is 1. The van der Waals surface area contributed by atoms with Crippen LogP contribution < -0.4 is 5.11 Å². The molecule has 0 aliphatic carbocycles. The predicted octanol–water partition coefficient (Wildman–Crippen LogP) is 5.25. The fourth-order valence-corrected chi connectivity index (χ4v) is 4.07. The Morgan fingerprint density at radius 3 is 1.77 bits per heavy atom. The third kappa shape index (κ3) is 21.9. The molecule has 0 heterocycles. The molecule has 0 aliphatic heterocycles. The molecule has 0 aliphatic rings. The molecule has 184 valence electrons. The van der Waals surface area contributed by atoms with E-state index >= 15 is 0 Å². The highest BCUT2D eigenvalue weighted by atomic mass is 16.5. The summed E-state index contributed by atoms with van der Waals surface area (Å²) in [5.74, 6) is -0.571. The summed E-state index contributed by atoms with van der Waals surface area (Å²) in [6, 6.07) is 0. The molecule has 2 unspecified atom stereocenters. The lowest BCUT2D eigenvalue weighted by Crippen LogP contribution is -2.45. The smallest absolute Gasteiger partial charge is 0.306 e. The van der Waals surface area contributed by atoms with E-state index in [1.807, 2.05) is 21.1 Å². The Morgan fingerprint density at radius 1 is 0.806 bits per heavy atom. The molecule has 0 fully saturated rings. The van der Waals surface area contributed by atoms with Crippen molar-refractivity contribution in [1.29, 1.82) is 0 Å². The lowest BCUT2D eigenvalue weighted by molar-refractivity contribution is -0.873. The molecular formula is C26H51NO4. The quantitative estimate of drug-likeness (QED) is 0.139. The molecule has 0 radical (unpaired) electrons. The predicted molar refractivity (Wildman–Crippen MR) is 126 cm³/mol. The van der Waals surface area contributed by atoms with Crippen molar-refractivity contribution < 1.29 is 23.9 Å². The van der Waals surface area contributed by atoms with Crippen molar-refractivity contribution in [2.24, 2.45) is 5.92 Å². The van der Waals surface area contributed by atoms with Crippen molar-refractivity contribution in [3.05, 3.63) is 0 Å². The van der Waals surface area contributed by atoms with Gasteiger partial charge in [-0.3, -0.25) is 4.79 Å². The number of carboxylic acid groups (broad SMARTS) is 1. The highest BCUT2D eigenvalue weighted by molar-refractivity contribution is 5.70. The van der Waals surface area contributed by atoms with Crippen molar-refractivity contribution in [3.8, 4) is 0 Å². The van der Waals surface area contributed by atoms with Crippen LogP contribution in [0.5, 0.6) is 0 Å². The highest BCUT2D eigenvalue weighted by Crippen LogP contribution is 2.18. The first kappa shape index (κ1) is 29.9. The lowest BCUT2D eigenvalue weighted by Gasteiger charge is -2.29. The molecular weight excluding hydrogens is 390 g/mol. The number of hydrogen-bond acceptors (Lipinski definition) is 4. The largest absolute Gasteiger partial charge is 0.550 e. The molecule has 0 bridgehead atoms. The van der Waals surface area contributed by atoms with Crippen molar-refractivity contribution >= 4 is 11.9 Å². The average molecular weight is 442 g/mol. The molecule has 0 aromatic rings. The Labute approximate surface area is 192 Å². The van der Waals surface area contributed by atoms with Gasteiger partial charge in [0.2, 0.25) is 0 Å². The van der Waals surface area contributed by atoms with E-state index in [1.54, 1.807) is 0 Å². The molecule has 0 rings (SSSR count). The normalized spacial score (nSPS) is 13.7. The van der Waals surface area contributed by atoms with Crippen LogP contribution in [0.3, 0.4) is 0 Å². The summed E-state index contributed by atoms with van der Waals surface area (Å²) in [5.41, 5.74) is 0. The number of hydrogen-bond donors (Lipinski definition) is 0. The number of esters is 1. The Morgan fingerprint density at radius 2 is 1.29 bits per heavy atom. The minimum Gasteiger partial charge on any atom is -0.550 e. The molecule has 2 atom stereocenters. The van der Waals surface area contributed by atoms with E-state index in [0.717, 1.165) is 25.2 Å². The second-order valence-corrected chi connectivity index (χ2v) is 10.5. The number of aliphatic carboxylic acids is 1. The van der Waals surface area contributed by atoms with Crippen molar-refractivity contribution in [1.82, 2.24) is 0 Å². The van der Waals surface area contributed by atoms with Crippen molar-refractivity contribution in [2.75, 3.05) is 27.7 Å². The molecule has 0 N–H and O–H groups in total. The number of ether oxygens (including phenoxy) is 1. The first-order valence-electron chi connectivity index (χ1n) is 12.8. The summed E-state index contributed by atoms with van der Waals surface area (Å²) in [7, 11) is 5.85. The molecule has 31 heavy (non-hydrogen) atoms. The van der Waals surface area contributed by atoms with Gasteiger partial charge in [0.15, 0.2) is 6.10 Å². The van der Waals surface area contributed by atoms with E-state index in [1.165, 1.54) is 70.6 Å². The summed E-state index contributed by atoms with van der Waals surface area (Å²) < 4.78 is 5.93. The van der Waals surface area contributed by atoms with E-state index in [9.17, 15) is 14.7 Å². The fourth-order valence-electron chi connectivity index (χ4n) is 4.07. The maximum Gasteiger partial charge on any atom is 0.306 e. The van der Waals surface area contributed by atoms with Gasteiger partial charge in [0.1, 0.15) is 6.54 Å². The third-order valence-corrected chi connectivity index (χ3v) is 5.82. The van der Waals surface area contributed by atoms with E-state index in [0.29, 0.717) is 17.4 Å². The number of carbonyl (C=O) groups is 2. The van der Waals surface area contributed by atoms with E-state index in [4.69, 9.17) is 4.74 Å². The summed E-state index contributed by atoms with van der Waals surface area (Å²) in [6.07, 6.45) is 17.3. The van der Waals surface area contributed by atoms with Gasteiger partial charge >= 0.3 is 5.97 Å². The van der Waals surface area contributed by atoms with Crippen LogP contribution in [0.15, 0.2) is 0 Å². The summed E-state index contributed by atoms with van der Waals surface area (Å²) >= 11 is 0. The first-order valence-corrected chi connectivity index (χ1v) is 12.8. The van der Waals surface area contributed by atoms with Crippen LogP contribution in [-0.2, 0) is 14.3 Å². The van der Waals surface area contributed by atoms with Crippen molar-refractivity contribution in [2.45, 2.75) is 123 Å². The third-order valence-electron chi connectivity index (χ3n) is 5.82. The fraction of sp³-hybridized carbons (Fsp3) is 0.923. The number of unbranched alkanes of at least 4 members (excludes halogenated alkanes) is 10. The van der Waals surface area contributed by atoms with Gasteiger partial charge in [-0.25, -0.2) is 0 Å². The Bertz CT molecular complexity index is 459. The van der Waals surface area contributed by atoms with Crippen LogP contribution in [0.1, 0.15) is 117 Å². The van der Waals surface area contributed by atoms with Crippen LogP contribution in [0.2, 0.25) is 0 Å². The summed E-state index contributed by atoms with van der Waals surface area (Å²) in [5, 5.41) is 10.9. The number of carbonyl (C=O) groups excluding carboxylic acids is 2. The van der Waals surface area contributed by atoms with Crippen LogP contribution in [0.25, 0.3) is 0 Å². The maximum absolute atomic E-state index is 12.0. The Balaban J connectivity index is 3.62. The molecule has 0 amide bonds. The van der Waals surface area contributed by atoms with Gasteiger partial charge in [0, 0.05) is 18.8 Å². The average Bonchev–Trinajstić information content (AvgIpc) is 2.64. The topological polar surface area (TPSA) is 66.4 Å². The molecule has 5 nitrogen and oxygen atoms in total. The van der Waals surface area contributed by atoms with E-state index < -0.39 is 12.1 Å². The zero-order chi connectivity index (χ0) is 23.5. The van der Waals surface area contributed by atoms with Gasteiger partial charge < -0.3 is 19.1 Å².